The van der Waals surface area contributed by atoms with Crippen molar-refractivity contribution < 1.29 is 9.59 Å². The van der Waals surface area contributed by atoms with Crippen molar-refractivity contribution in [2.75, 3.05) is 10.6 Å². The fraction of sp³-hybridized carbons (Fsp3) is 0.158. The molecule has 2 amide bonds. The molecular weight excluding hydrogens is 316 g/mol. The summed E-state index contributed by atoms with van der Waals surface area (Å²) in [5.41, 5.74) is 0.496. The molecule has 6 heteroatoms. The van der Waals surface area contributed by atoms with Gasteiger partial charge in [0.15, 0.2) is 0 Å². The van der Waals surface area contributed by atoms with Crippen LogP contribution in [0.1, 0.15) is 24.0 Å². The predicted octanol–water partition coefficient (Wildman–Crippen LogP) is 2.79. The summed E-state index contributed by atoms with van der Waals surface area (Å²) in [6.45, 7) is 0. The molecule has 0 bridgehead atoms. The Kier molecular flexibility index (Phi) is 4.20. The van der Waals surface area contributed by atoms with Gasteiger partial charge in [0.1, 0.15) is 11.5 Å². The van der Waals surface area contributed by atoms with Gasteiger partial charge in [0.25, 0.3) is 0 Å². The molecule has 0 saturated heterocycles. The van der Waals surface area contributed by atoms with Gasteiger partial charge in [0.05, 0.1) is 22.9 Å². The van der Waals surface area contributed by atoms with Crippen LogP contribution in [0.5, 0.6) is 0 Å². The Morgan fingerprint density at radius 3 is 2.32 bits per heavy atom. The van der Waals surface area contributed by atoms with E-state index in [1.54, 1.807) is 48.5 Å². The van der Waals surface area contributed by atoms with Crippen molar-refractivity contribution in [2.24, 2.45) is 5.41 Å². The molecule has 1 fully saturated rings. The molecule has 0 heterocycles. The minimum Gasteiger partial charge on any atom is -0.325 e. The number of benzene rings is 2. The van der Waals surface area contributed by atoms with Crippen molar-refractivity contribution in [2.45, 2.75) is 12.8 Å². The second kappa shape index (κ2) is 6.46. The van der Waals surface area contributed by atoms with Crippen molar-refractivity contribution in [3.8, 4) is 12.1 Å². The van der Waals surface area contributed by atoms with E-state index in [0.29, 0.717) is 35.3 Å². The third kappa shape index (κ3) is 3.19. The molecule has 1 aliphatic rings. The summed E-state index contributed by atoms with van der Waals surface area (Å²) in [7, 11) is 0. The van der Waals surface area contributed by atoms with E-state index in [9.17, 15) is 9.59 Å². The Bertz CT molecular complexity index is 933. The number of carbonyl (C=O) groups excluding carboxylic acids is 2. The summed E-state index contributed by atoms with van der Waals surface area (Å²) in [5.74, 6) is -0.835. The SMILES string of the molecule is N#Cc1cccc(NC(=O)C2(C(=O)Nc3ccccc3C#N)CC2)c1. The maximum Gasteiger partial charge on any atom is 0.240 e. The third-order valence-electron chi connectivity index (χ3n) is 4.16. The van der Waals surface area contributed by atoms with Crippen LogP contribution in [0.2, 0.25) is 0 Å². The molecule has 0 aliphatic heterocycles. The highest BCUT2D eigenvalue weighted by Crippen LogP contribution is 2.47. The van der Waals surface area contributed by atoms with Crippen LogP contribution in [0.25, 0.3) is 0 Å². The van der Waals surface area contributed by atoms with Crippen molar-refractivity contribution in [1.82, 2.24) is 0 Å². The van der Waals surface area contributed by atoms with E-state index >= 15 is 0 Å². The van der Waals surface area contributed by atoms with Gasteiger partial charge in [-0.2, -0.15) is 10.5 Å². The number of nitrogens with one attached hydrogen (secondary N) is 2. The first-order valence-corrected chi connectivity index (χ1v) is 7.71. The number of anilines is 2. The minimum atomic E-state index is -1.13. The lowest BCUT2D eigenvalue weighted by atomic mass is 10.0. The van der Waals surface area contributed by atoms with Crippen molar-refractivity contribution in [3.05, 3.63) is 59.7 Å². The molecule has 0 unspecified atom stereocenters. The van der Waals surface area contributed by atoms with E-state index in [0.717, 1.165) is 0 Å². The highest BCUT2D eigenvalue weighted by atomic mass is 16.2. The Labute approximate surface area is 144 Å². The average molecular weight is 330 g/mol. The number of hydrogen-bond donors (Lipinski definition) is 2. The van der Waals surface area contributed by atoms with Crippen LogP contribution in [-0.4, -0.2) is 11.8 Å². The van der Waals surface area contributed by atoms with Crippen molar-refractivity contribution >= 4 is 23.2 Å². The smallest absolute Gasteiger partial charge is 0.240 e. The Morgan fingerprint density at radius 1 is 0.920 bits per heavy atom. The van der Waals surface area contributed by atoms with Crippen LogP contribution in [0, 0.1) is 28.1 Å². The lowest BCUT2D eigenvalue weighted by molar-refractivity contribution is -0.131. The zero-order chi connectivity index (χ0) is 17.9. The lowest BCUT2D eigenvalue weighted by Gasteiger charge is -2.16. The molecule has 6 nitrogen and oxygen atoms in total. The summed E-state index contributed by atoms with van der Waals surface area (Å²) >= 11 is 0. The van der Waals surface area contributed by atoms with Crippen LogP contribution in [0.3, 0.4) is 0 Å². The standard InChI is InChI=1S/C19H14N4O2/c20-11-13-4-3-6-15(10-13)22-17(24)19(8-9-19)18(25)23-16-7-2-1-5-14(16)12-21/h1-7,10H,8-9H2,(H,22,24)(H,23,25). The largest absolute Gasteiger partial charge is 0.325 e. The fourth-order valence-electron chi connectivity index (χ4n) is 2.53. The monoisotopic (exact) mass is 330 g/mol. The first-order chi connectivity index (χ1) is 12.1. The number of rotatable bonds is 4. The first-order valence-electron chi connectivity index (χ1n) is 7.71. The Balaban J connectivity index is 1.75. The van der Waals surface area contributed by atoms with Crippen molar-refractivity contribution in [1.29, 1.82) is 10.5 Å². The quantitative estimate of drug-likeness (QED) is 0.841. The lowest BCUT2D eigenvalue weighted by Crippen LogP contribution is -2.35. The van der Waals surface area contributed by atoms with Gasteiger partial charge in [-0.3, -0.25) is 9.59 Å². The number of nitrogens with zero attached hydrogens (tertiary/aromatic N) is 2. The molecule has 1 aliphatic carbocycles. The van der Waals surface area contributed by atoms with E-state index < -0.39 is 17.2 Å². The van der Waals surface area contributed by atoms with E-state index in [-0.39, 0.29) is 0 Å². The van der Waals surface area contributed by atoms with E-state index in [1.165, 1.54) is 0 Å². The molecule has 0 aromatic heterocycles. The Hall–Kier alpha value is -3.64. The molecule has 0 radical (unpaired) electrons. The summed E-state index contributed by atoms with van der Waals surface area (Å²) in [4.78, 5) is 25.1. The van der Waals surface area contributed by atoms with Crippen LogP contribution >= 0.6 is 0 Å². The molecule has 122 valence electrons. The minimum absolute atomic E-state index is 0.341. The summed E-state index contributed by atoms with van der Waals surface area (Å²) in [5, 5.41) is 23.4. The van der Waals surface area contributed by atoms with Gasteiger partial charge in [0, 0.05) is 5.69 Å². The molecule has 25 heavy (non-hydrogen) atoms. The maximum absolute atomic E-state index is 12.6. The summed E-state index contributed by atoms with van der Waals surface area (Å²) < 4.78 is 0. The molecule has 2 N–H and O–H groups in total. The maximum atomic E-state index is 12.6. The first kappa shape index (κ1) is 16.2. The van der Waals surface area contributed by atoms with Gasteiger partial charge < -0.3 is 10.6 Å². The van der Waals surface area contributed by atoms with Gasteiger partial charge in [-0.25, -0.2) is 0 Å². The molecule has 3 rings (SSSR count). The van der Waals surface area contributed by atoms with Gasteiger partial charge in [-0.05, 0) is 43.2 Å². The van der Waals surface area contributed by atoms with E-state index in [1.807, 2.05) is 12.1 Å². The van der Waals surface area contributed by atoms with Crippen LogP contribution < -0.4 is 10.6 Å². The number of hydrogen-bond acceptors (Lipinski definition) is 4. The second-order valence-electron chi connectivity index (χ2n) is 5.84. The third-order valence-corrected chi connectivity index (χ3v) is 4.16. The molecule has 0 atom stereocenters. The highest BCUT2D eigenvalue weighted by molar-refractivity contribution is 6.17. The zero-order valence-electron chi connectivity index (χ0n) is 13.2. The topological polar surface area (TPSA) is 106 Å². The van der Waals surface area contributed by atoms with Crippen LogP contribution in [0.15, 0.2) is 48.5 Å². The number of carbonyl (C=O) groups is 2. The van der Waals surface area contributed by atoms with Gasteiger partial charge in [0.2, 0.25) is 11.8 Å². The highest BCUT2D eigenvalue weighted by Gasteiger charge is 2.56. The average Bonchev–Trinajstić information content (AvgIpc) is 3.44. The van der Waals surface area contributed by atoms with Gasteiger partial charge >= 0.3 is 0 Å². The van der Waals surface area contributed by atoms with E-state index in [2.05, 4.69) is 10.6 Å². The van der Waals surface area contributed by atoms with E-state index in [4.69, 9.17) is 10.5 Å². The van der Waals surface area contributed by atoms with Crippen LogP contribution in [-0.2, 0) is 9.59 Å². The normalized spacial score (nSPS) is 13.8. The van der Waals surface area contributed by atoms with Gasteiger partial charge in [-0.1, -0.05) is 18.2 Å². The molecule has 2 aromatic carbocycles. The molecule has 2 aromatic rings. The predicted molar refractivity (Wildman–Crippen MR) is 91.2 cm³/mol. The summed E-state index contributed by atoms with van der Waals surface area (Å²) in [6, 6.07) is 17.2. The molecule has 1 saturated carbocycles. The summed E-state index contributed by atoms with van der Waals surface area (Å²) in [6.07, 6.45) is 0.884. The zero-order valence-corrected chi connectivity index (χ0v) is 13.2. The second-order valence-corrected chi connectivity index (χ2v) is 5.84. The number of nitriles is 2. The number of para-hydroxylation sites is 1. The van der Waals surface area contributed by atoms with Crippen LogP contribution in [0.4, 0.5) is 11.4 Å². The molecule has 0 spiro atoms. The molecular formula is C19H14N4O2. The van der Waals surface area contributed by atoms with Crippen molar-refractivity contribution in [3.63, 3.8) is 0 Å². The fourth-order valence-corrected chi connectivity index (χ4v) is 2.53. The Morgan fingerprint density at radius 2 is 1.64 bits per heavy atom. The van der Waals surface area contributed by atoms with Gasteiger partial charge in [-0.15, -0.1) is 0 Å². The number of amides is 2.